The maximum absolute atomic E-state index is 11.6. The van der Waals surface area contributed by atoms with Crippen LogP contribution in [0.25, 0.3) is 0 Å². The van der Waals surface area contributed by atoms with E-state index in [0.717, 1.165) is 31.2 Å². The molecule has 0 bridgehead atoms. The fourth-order valence-corrected chi connectivity index (χ4v) is 2.10. The lowest BCUT2D eigenvalue weighted by atomic mass is 9.92. The molecule has 0 saturated heterocycles. The SMILES string of the molecule is C=C1CCC(NC(=O)OCc2ccccc2)CC1. The number of nitrogens with one attached hydrogen (secondary N) is 1. The van der Waals surface area contributed by atoms with Gasteiger partial charge in [0.1, 0.15) is 6.61 Å². The molecule has 0 spiro atoms. The van der Waals surface area contributed by atoms with Gasteiger partial charge in [0, 0.05) is 6.04 Å². The third-order valence-corrected chi connectivity index (χ3v) is 3.23. The maximum Gasteiger partial charge on any atom is 0.407 e. The Hall–Kier alpha value is -1.77. The molecular formula is C15H19NO2. The molecule has 1 saturated carbocycles. The van der Waals surface area contributed by atoms with Crippen molar-refractivity contribution in [3.05, 3.63) is 48.0 Å². The van der Waals surface area contributed by atoms with Crippen molar-refractivity contribution < 1.29 is 9.53 Å². The van der Waals surface area contributed by atoms with Crippen LogP contribution in [0.1, 0.15) is 31.2 Å². The van der Waals surface area contributed by atoms with Gasteiger partial charge in [-0.05, 0) is 31.2 Å². The van der Waals surface area contributed by atoms with E-state index in [4.69, 9.17) is 4.74 Å². The standard InChI is InChI=1S/C15H19NO2/c1-12-7-9-14(10-8-12)16-15(17)18-11-13-5-3-2-4-6-13/h2-6,14H,1,7-11H2,(H,16,17). The molecule has 1 N–H and O–H groups in total. The number of carbonyl (C=O) groups is 1. The molecule has 0 aliphatic heterocycles. The fourth-order valence-electron chi connectivity index (χ4n) is 2.10. The van der Waals surface area contributed by atoms with Gasteiger partial charge in [0.15, 0.2) is 0 Å². The van der Waals surface area contributed by atoms with Crippen LogP contribution in [0.15, 0.2) is 42.5 Å². The number of ether oxygens (including phenoxy) is 1. The van der Waals surface area contributed by atoms with Crippen molar-refractivity contribution in [3.8, 4) is 0 Å². The quantitative estimate of drug-likeness (QED) is 0.829. The van der Waals surface area contributed by atoms with Crippen LogP contribution < -0.4 is 5.32 Å². The average molecular weight is 245 g/mol. The van der Waals surface area contributed by atoms with E-state index >= 15 is 0 Å². The Morgan fingerprint density at radius 1 is 1.28 bits per heavy atom. The minimum Gasteiger partial charge on any atom is -0.445 e. The van der Waals surface area contributed by atoms with Crippen molar-refractivity contribution in [3.63, 3.8) is 0 Å². The van der Waals surface area contributed by atoms with Gasteiger partial charge in [-0.1, -0.05) is 42.5 Å². The van der Waals surface area contributed by atoms with E-state index in [1.165, 1.54) is 5.57 Å². The van der Waals surface area contributed by atoms with Crippen molar-refractivity contribution in [1.29, 1.82) is 0 Å². The molecule has 1 aliphatic rings. The second-order valence-corrected chi connectivity index (χ2v) is 4.73. The van der Waals surface area contributed by atoms with E-state index in [2.05, 4.69) is 11.9 Å². The van der Waals surface area contributed by atoms with Crippen LogP contribution in [-0.2, 0) is 11.3 Å². The second-order valence-electron chi connectivity index (χ2n) is 4.73. The van der Waals surface area contributed by atoms with Gasteiger partial charge in [0.25, 0.3) is 0 Å². The molecule has 1 aromatic carbocycles. The van der Waals surface area contributed by atoms with Crippen molar-refractivity contribution >= 4 is 6.09 Å². The van der Waals surface area contributed by atoms with Crippen LogP contribution in [0.4, 0.5) is 4.79 Å². The van der Waals surface area contributed by atoms with Gasteiger partial charge in [-0.15, -0.1) is 0 Å². The van der Waals surface area contributed by atoms with Crippen LogP contribution in [0.2, 0.25) is 0 Å². The molecule has 1 aliphatic carbocycles. The summed E-state index contributed by atoms with van der Waals surface area (Å²) in [6.45, 7) is 4.29. The van der Waals surface area contributed by atoms with E-state index in [1.807, 2.05) is 30.3 Å². The Balaban J connectivity index is 1.71. The predicted molar refractivity (Wildman–Crippen MR) is 71.2 cm³/mol. The first kappa shape index (κ1) is 12.7. The molecule has 3 heteroatoms. The number of hydrogen-bond donors (Lipinski definition) is 1. The number of amides is 1. The minimum absolute atomic E-state index is 0.235. The summed E-state index contributed by atoms with van der Waals surface area (Å²) >= 11 is 0. The van der Waals surface area contributed by atoms with Crippen LogP contribution in [0.5, 0.6) is 0 Å². The van der Waals surface area contributed by atoms with Crippen molar-refractivity contribution in [2.24, 2.45) is 0 Å². The van der Waals surface area contributed by atoms with Gasteiger partial charge < -0.3 is 10.1 Å². The van der Waals surface area contributed by atoms with Crippen LogP contribution in [0.3, 0.4) is 0 Å². The minimum atomic E-state index is -0.323. The van der Waals surface area contributed by atoms with Crippen LogP contribution in [-0.4, -0.2) is 12.1 Å². The summed E-state index contributed by atoms with van der Waals surface area (Å²) in [7, 11) is 0. The van der Waals surface area contributed by atoms with Gasteiger partial charge in [-0.3, -0.25) is 0 Å². The average Bonchev–Trinajstić information content (AvgIpc) is 2.40. The molecule has 96 valence electrons. The Kier molecular flexibility index (Phi) is 4.40. The largest absolute Gasteiger partial charge is 0.445 e. The van der Waals surface area contributed by atoms with Crippen molar-refractivity contribution in [2.45, 2.75) is 38.3 Å². The highest BCUT2D eigenvalue weighted by Gasteiger charge is 2.17. The lowest BCUT2D eigenvalue weighted by Gasteiger charge is -2.23. The van der Waals surface area contributed by atoms with Gasteiger partial charge >= 0.3 is 6.09 Å². The third kappa shape index (κ3) is 3.91. The summed E-state index contributed by atoms with van der Waals surface area (Å²) in [6, 6.07) is 9.93. The zero-order valence-electron chi connectivity index (χ0n) is 10.5. The summed E-state index contributed by atoms with van der Waals surface area (Å²) in [5.41, 5.74) is 2.29. The van der Waals surface area contributed by atoms with Gasteiger partial charge in [-0.2, -0.15) is 0 Å². The van der Waals surface area contributed by atoms with Gasteiger partial charge in [-0.25, -0.2) is 4.79 Å². The van der Waals surface area contributed by atoms with E-state index in [1.54, 1.807) is 0 Å². The van der Waals surface area contributed by atoms with E-state index in [0.29, 0.717) is 6.61 Å². The highest BCUT2D eigenvalue weighted by molar-refractivity contribution is 5.67. The molecule has 0 atom stereocenters. The molecule has 3 nitrogen and oxygen atoms in total. The summed E-state index contributed by atoms with van der Waals surface area (Å²) < 4.78 is 5.19. The highest BCUT2D eigenvalue weighted by Crippen LogP contribution is 2.21. The molecule has 1 aromatic rings. The highest BCUT2D eigenvalue weighted by atomic mass is 16.5. The molecule has 18 heavy (non-hydrogen) atoms. The molecule has 0 unspecified atom stereocenters. The number of rotatable bonds is 3. The number of carbonyl (C=O) groups excluding carboxylic acids is 1. The molecule has 0 radical (unpaired) electrons. The second kappa shape index (κ2) is 6.24. The fraction of sp³-hybridized carbons (Fsp3) is 0.400. The maximum atomic E-state index is 11.6. The zero-order chi connectivity index (χ0) is 12.8. The van der Waals surface area contributed by atoms with E-state index < -0.39 is 0 Å². The molecule has 0 aromatic heterocycles. The first-order chi connectivity index (χ1) is 8.74. The monoisotopic (exact) mass is 245 g/mol. The van der Waals surface area contributed by atoms with Gasteiger partial charge in [0.2, 0.25) is 0 Å². The zero-order valence-corrected chi connectivity index (χ0v) is 10.5. The molecule has 0 heterocycles. The molecule has 1 fully saturated rings. The molecule has 2 rings (SSSR count). The first-order valence-corrected chi connectivity index (χ1v) is 6.38. The lowest BCUT2D eigenvalue weighted by molar-refractivity contribution is 0.134. The Labute approximate surface area is 108 Å². The summed E-state index contributed by atoms with van der Waals surface area (Å²) in [5.74, 6) is 0. The smallest absolute Gasteiger partial charge is 0.407 e. The number of allylic oxidation sites excluding steroid dienone is 1. The van der Waals surface area contributed by atoms with Crippen LogP contribution in [0, 0.1) is 0 Å². The third-order valence-electron chi connectivity index (χ3n) is 3.23. The van der Waals surface area contributed by atoms with Gasteiger partial charge in [0.05, 0.1) is 0 Å². The Morgan fingerprint density at radius 2 is 1.94 bits per heavy atom. The van der Waals surface area contributed by atoms with E-state index in [9.17, 15) is 4.79 Å². The summed E-state index contributed by atoms with van der Waals surface area (Å²) in [4.78, 5) is 11.6. The first-order valence-electron chi connectivity index (χ1n) is 6.38. The van der Waals surface area contributed by atoms with Crippen LogP contribution >= 0.6 is 0 Å². The van der Waals surface area contributed by atoms with E-state index in [-0.39, 0.29) is 12.1 Å². The predicted octanol–water partition coefficient (Wildman–Crippen LogP) is 3.41. The normalized spacial score (nSPS) is 16.3. The number of hydrogen-bond acceptors (Lipinski definition) is 2. The molecular weight excluding hydrogens is 226 g/mol. The Morgan fingerprint density at radius 3 is 2.61 bits per heavy atom. The topological polar surface area (TPSA) is 38.3 Å². The summed E-state index contributed by atoms with van der Waals surface area (Å²) in [6.07, 6.45) is 3.63. The summed E-state index contributed by atoms with van der Waals surface area (Å²) in [5, 5.41) is 2.91. The van der Waals surface area contributed by atoms with Crippen molar-refractivity contribution in [2.75, 3.05) is 0 Å². The number of alkyl carbamates (subject to hydrolysis) is 1. The molecule has 1 amide bonds. The number of benzene rings is 1. The van der Waals surface area contributed by atoms with Crippen molar-refractivity contribution in [1.82, 2.24) is 5.32 Å². The lowest BCUT2D eigenvalue weighted by Crippen LogP contribution is -2.36. The Bertz CT molecular complexity index is 404.